The van der Waals surface area contributed by atoms with Crippen molar-refractivity contribution in [3.63, 3.8) is 0 Å². The van der Waals surface area contributed by atoms with E-state index in [1.807, 2.05) is 26.0 Å². The SMILES string of the molecule is Cc1ccc(C)c2sc(-c3ccc(Br)cc3)nc12.Cc1ccc(C)c2sc(-c3ccc(C(F)(F)F)cc3)nc12.Cc1ccc(C)c2sc(-c3ccc(F)cc3)nc12.Cc1ccc(C)c2sc(-c3ccc(N(C)C)cc3)nc12. The Balaban J connectivity index is 0.000000125. The smallest absolute Gasteiger partial charge is 0.378 e. The van der Waals surface area contributed by atoms with Crippen LogP contribution in [0.3, 0.4) is 0 Å². The largest absolute Gasteiger partial charge is 0.416 e. The Kier molecular flexibility index (Phi) is 16.5. The first kappa shape index (κ1) is 55.1. The van der Waals surface area contributed by atoms with Crippen molar-refractivity contribution in [3.05, 3.63) is 206 Å². The lowest BCUT2D eigenvalue weighted by atomic mass is 10.1. The number of aromatic nitrogens is 4. The Morgan fingerprint density at radius 2 is 0.623 bits per heavy atom. The third kappa shape index (κ3) is 12.4. The van der Waals surface area contributed by atoms with Gasteiger partial charge in [0.2, 0.25) is 0 Å². The number of rotatable bonds is 5. The van der Waals surface area contributed by atoms with Crippen LogP contribution in [0.2, 0.25) is 0 Å². The molecule has 0 unspecified atom stereocenters. The van der Waals surface area contributed by atoms with Crippen molar-refractivity contribution in [1.29, 1.82) is 0 Å². The first-order valence-electron chi connectivity index (χ1n) is 24.7. The lowest BCUT2D eigenvalue weighted by Crippen LogP contribution is -2.07. The predicted octanol–water partition coefficient (Wildman–Crippen LogP) is 20.3. The minimum Gasteiger partial charge on any atom is -0.378 e. The second kappa shape index (κ2) is 23.1. The first-order valence-corrected chi connectivity index (χ1v) is 28.7. The van der Waals surface area contributed by atoms with Gasteiger partial charge < -0.3 is 4.90 Å². The third-order valence-electron chi connectivity index (χ3n) is 13.0. The van der Waals surface area contributed by atoms with Crippen LogP contribution in [0.25, 0.3) is 83.2 Å². The highest BCUT2D eigenvalue weighted by molar-refractivity contribution is 9.10. The maximum absolute atomic E-state index is 12.9. The highest BCUT2D eigenvalue weighted by Gasteiger charge is 2.30. The summed E-state index contributed by atoms with van der Waals surface area (Å²) in [4.78, 5) is 20.9. The van der Waals surface area contributed by atoms with Crippen LogP contribution in [0, 0.1) is 61.2 Å². The molecule has 0 saturated heterocycles. The van der Waals surface area contributed by atoms with Gasteiger partial charge in [-0.3, -0.25) is 0 Å². The predicted molar refractivity (Wildman–Crippen MR) is 325 cm³/mol. The summed E-state index contributed by atoms with van der Waals surface area (Å²) in [6, 6.07) is 45.4. The average molecular weight is 1170 g/mol. The van der Waals surface area contributed by atoms with Crippen LogP contribution >= 0.6 is 61.3 Å². The second-order valence-corrected chi connectivity index (χ2v) is 24.0. The van der Waals surface area contributed by atoms with Gasteiger partial charge >= 0.3 is 6.18 Å². The normalized spacial score (nSPS) is 11.3. The molecule has 77 heavy (non-hydrogen) atoms. The minimum atomic E-state index is -4.31. The van der Waals surface area contributed by atoms with Gasteiger partial charge in [0.15, 0.2) is 0 Å². The summed E-state index contributed by atoms with van der Waals surface area (Å²) in [6.45, 7) is 16.7. The molecule has 0 bridgehead atoms. The van der Waals surface area contributed by atoms with E-state index in [0.29, 0.717) is 5.56 Å². The van der Waals surface area contributed by atoms with Gasteiger partial charge in [-0.15, -0.1) is 45.3 Å². The van der Waals surface area contributed by atoms with E-state index in [-0.39, 0.29) is 5.82 Å². The summed E-state index contributed by atoms with van der Waals surface area (Å²) >= 11 is 10.2. The fourth-order valence-corrected chi connectivity index (χ4v) is 13.2. The van der Waals surface area contributed by atoms with Gasteiger partial charge in [0.05, 0.1) is 46.4 Å². The maximum atomic E-state index is 12.9. The molecule has 4 aromatic heterocycles. The van der Waals surface area contributed by atoms with Crippen LogP contribution in [-0.4, -0.2) is 34.0 Å². The molecule has 0 aliphatic heterocycles. The molecule has 14 heteroatoms. The van der Waals surface area contributed by atoms with E-state index in [9.17, 15) is 17.6 Å². The number of aryl methyl sites for hydroxylation is 8. The average Bonchev–Trinajstić information content (AvgIpc) is 4.29. The fourth-order valence-electron chi connectivity index (χ4n) is 8.42. The quantitative estimate of drug-likeness (QED) is 0.161. The van der Waals surface area contributed by atoms with Gasteiger partial charge in [0, 0.05) is 46.5 Å². The van der Waals surface area contributed by atoms with E-state index in [1.54, 1.807) is 46.1 Å². The molecule has 0 aliphatic rings. The number of benzene rings is 8. The summed E-state index contributed by atoms with van der Waals surface area (Å²) in [6.07, 6.45) is -4.31. The van der Waals surface area contributed by atoms with Gasteiger partial charge in [-0.1, -0.05) is 88.7 Å². The van der Waals surface area contributed by atoms with E-state index < -0.39 is 11.7 Å². The molecule has 0 amide bonds. The Hall–Kier alpha value is -6.68. The molecule has 0 aliphatic carbocycles. The van der Waals surface area contributed by atoms with Crippen molar-refractivity contribution in [3.8, 4) is 42.3 Å². The summed E-state index contributed by atoms with van der Waals surface area (Å²) < 4.78 is 56.7. The van der Waals surface area contributed by atoms with E-state index >= 15 is 0 Å². The van der Waals surface area contributed by atoms with Crippen LogP contribution in [-0.2, 0) is 6.18 Å². The van der Waals surface area contributed by atoms with Gasteiger partial charge in [-0.2, -0.15) is 13.2 Å². The molecule has 12 aromatic rings. The monoisotopic (exact) mass is 1160 g/mol. The molecule has 0 radical (unpaired) electrons. The molecule has 390 valence electrons. The highest BCUT2D eigenvalue weighted by atomic mass is 79.9. The summed E-state index contributed by atoms with van der Waals surface area (Å²) in [5.41, 5.74) is 18.6. The highest BCUT2D eigenvalue weighted by Crippen LogP contribution is 2.39. The van der Waals surface area contributed by atoms with Crippen LogP contribution < -0.4 is 4.90 Å². The van der Waals surface area contributed by atoms with Gasteiger partial charge in [-0.05, 0) is 173 Å². The van der Waals surface area contributed by atoms with Crippen LogP contribution in [0.1, 0.15) is 50.1 Å². The van der Waals surface area contributed by atoms with Crippen LogP contribution in [0.4, 0.5) is 23.2 Å². The number of thiazole rings is 4. The van der Waals surface area contributed by atoms with E-state index in [1.165, 1.54) is 99.9 Å². The Bertz CT molecular complexity index is 3760. The Morgan fingerprint density at radius 3 is 0.896 bits per heavy atom. The number of hydrogen-bond acceptors (Lipinski definition) is 9. The van der Waals surface area contributed by atoms with Crippen molar-refractivity contribution in [2.75, 3.05) is 19.0 Å². The number of anilines is 1. The molecule has 5 nitrogen and oxygen atoms in total. The standard InChI is InChI=1S/C17H18N2S.C16H12F3NS.C15H12BrNS.C15H12FNS/c1-11-5-6-12(2)16-15(11)18-17(20-16)13-7-9-14(10-8-13)19(3)4;1-9-3-4-10(2)14-13(9)20-15(21-14)11-5-7-12(8-6-11)16(17,18)19;2*1-9-3-4-10(2)14-13(9)17-15(18-14)11-5-7-12(16)8-6-11/h5-10H,1-4H3;3-8H,1-2H3;2*3-8H,1-2H3. The summed E-state index contributed by atoms with van der Waals surface area (Å²) in [5.74, 6) is -0.216. The molecular formula is C63H54BrF4N5S4. The number of hydrogen-bond donors (Lipinski definition) is 0. The van der Waals surface area contributed by atoms with Crippen molar-refractivity contribution < 1.29 is 17.6 Å². The number of fused-ring (bicyclic) bond motifs is 4. The molecule has 0 spiro atoms. The molecule has 0 saturated carbocycles. The maximum Gasteiger partial charge on any atom is 0.416 e. The molecule has 0 fully saturated rings. The van der Waals surface area contributed by atoms with Crippen molar-refractivity contribution in [1.82, 2.24) is 19.9 Å². The van der Waals surface area contributed by atoms with Gasteiger partial charge in [0.1, 0.15) is 25.8 Å². The molecule has 4 heterocycles. The topological polar surface area (TPSA) is 54.8 Å². The zero-order valence-electron chi connectivity index (χ0n) is 44.1. The molecule has 12 rings (SSSR count). The Morgan fingerprint density at radius 1 is 0.364 bits per heavy atom. The van der Waals surface area contributed by atoms with Gasteiger partial charge in [0.25, 0.3) is 0 Å². The Labute approximate surface area is 470 Å². The number of halogens is 5. The van der Waals surface area contributed by atoms with Crippen molar-refractivity contribution in [2.24, 2.45) is 0 Å². The summed E-state index contributed by atoms with van der Waals surface area (Å²) in [7, 11) is 4.11. The number of nitrogens with zero attached hydrogens (tertiary/aromatic N) is 5. The zero-order valence-corrected chi connectivity index (χ0v) is 49.0. The van der Waals surface area contributed by atoms with E-state index in [4.69, 9.17) is 9.97 Å². The molecule has 8 aromatic carbocycles. The van der Waals surface area contributed by atoms with Crippen molar-refractivity contribution >= 4 is 108 Å². The third-order valence-corrected chi connectivity index (χ3v) is 18.5. The zero-order chi connectivity index (χ0) is 54.9. The molecule has 0 atom stereocenters. The minimum absolute atomic E-state index is 0.216. The summed E-state index contributed by atoms with van der Waals surface area (Å²) in [5, 5.41) is 3.89. The van der Waals surface area contributed by atoms with Gasteiger partial charge in [-0.25, -0.2) is 24.3 Å². The van der Waals surface area contributed by atoms with E-state index in [0.717, 1.165) is 80.1 Å². The van der Waals surface area contributed by atoms with Crippen molar-refractivity contribution in [2.45, 2.75) is 61.6 Å². The lowest BCUT2D eigenvalue weighted by Gasteiger charge is -2.11. The van der Waals surface area contributed by atoms with Crippen LogP contribution in [0.5, 0.6) is 0 Å². The lowest BCUT2D eigenvalue weighted by molar-refractivity contribution is -0.137. The molecule has 0 N–H and O–H groups in total. The molecular weight excluding hydrogens is 1110 g/mol. The van der Waals surface area contributed by atoms with E-state index in [2.05, 4.69) is 171 Å². The fraction of sp³-hybridized carbons (Fsp3) is 0.175. The van der Waals surface area contributed by atoms with Crippen LogP contribution in [0.15, 0.2) is 150 Å². The number of alkyl halides is 3. The first-order chi connectivity index (χ1) is 36.7. The second-order valence-electron chi connectivity index (χ2n) is 19.1.